The Kier molecular flexibility index (Phi) is 12.4. The van der Waals surface area contributed by atoms with E-state index in [1.165, 1.54) is 10.1 Å². The van der Waals surface area contributed by atoms with Crippen molar-refractivity contribution in [3.05, 3.63) is 86.7 Å². The van der Waals surface area contributed by atoms with E-state index in [2.05, 4.69) is 37.4 Å². The average molecular weight is 880 g/mol. The lowest BCUT2D eigenvalue weighted by Gasteiger charge is -2.36. The number of hydrogen-bond acceptors (Lipinski definition) is 11. The monoisotopic (exact) mass is 879 g/mol. The summed E-state index contributed by atoms with van der Waals surface area (Å²) in [6, 6.07) is 13.8. The summed E-state index contributed by atoms with van der Waals surface area (Å²) in [7, 11) is -2.02. The SMILES string of the molecule is Cc1cc(S(=O)(=O)NCCO[C@H]2CC[C@H](CN3CCC(c4ccc5c(c4)n(C)c(=O)n5C4CCC(=O)NC4=O)CC3)CC2)ccc1Nc1ncc2ccc(=O)n(C3CCCC3)c2n1. The zero-order chi connectivity index (χ0) is 43.8. The van der Waals surface area contributed by atoms with Crippen molar-refractivity contribution in [3.63, 3.8) is 0 Å². The molecule has 2 aliphatic carbocycles. The summed E-state index contributed by atoms with van der Waals surface area (Å²) < 4.78 is 40.3. The molecule has 2 aliphatic heterocycles. The van der Waals surface area contributed by atoms with Crippen LogP contribution in [0.15, 0.2) is 69.2 Å². The molecule has 2 saturated carbocycles. The van der Waals surface area contributed by atoms with Gasteiger partial charge in [0, 0.05) is 55.9 Å². The summed E-state index contributed by atoms with van der Waals surface area (Å²) in [6.07, 6.45) is 12.6. The van der Waals surface area contributed by atoms with Crippen LogP contribution in [0.1, 0.15) is 106 Å². The number of nitrogens with zero attached hydrogens (tertiary/aromatic N) is 6. The Morgan fingerprint density at radius 1 is 0.857 bits per heavy atom. The van der Waals surface area contributed by atoms with Crippen LogP contribution in [0, 0.1) is 12.8 Å². The second-order valence-corrected chi connectivity index (χ2v) is 19.7. The van der Waals surface area contributed by atoms with Crippen LogP contribution in [0.2, 0.25) is 0 Å². The first-order valence-corrected chi connectivity index (χ1v) is 24.0. The van der Waals surface area contributed by atoms with Crippen LogP contribution in [-0.2, 0) is 31.4 Å². The number of piperidine rings is 2. The molecule has 0 bridgehead atoms. The number of pyridine rings is 1. The van der Waals surface area contributed by atoms with Crippen molar-refractivity contribution in [2.45, 2.75) is 113 Å². The number of fused-ring (bicyclic) bond motifs is 2. The third-order valence-corrected chi connectivity index (χ3v) is 15.3. The molecule has 9 rings (SSSR count). The molecule has 4 fully saturated rings. The van der Waals surface area contributed by atoms with Gasteiger partial charge in [0.05, 0.1) is 28.6 Å². The number of aryl methyl sites for hydroxylation is 2. The van der Waals surface area contributed by atoms with Crippen molar-refractivity contribution in [2.24, 2.45) is 13.0 Å². The van der Waals surface area contributed by atoms with Gasteiger partial charge in [-0.2, -0.15) is 4.98 Å². The minimum atomic E-state index is -3.76. The second kappa shape index (κ2) is 18.1. The van der Waals surface area contributed by atoms with E-state index in [4.69, 9.17) is 9.72 Å². The molecule has 3 aromatic heterocycles. The molecule has 1 atom stereocenters. The molecule has 5 aromatic rings. The average Bonchev–Trinajstić information content (AvgIpc) is 3.89. The lowest BCUT2D eigenvalue weighted by molar-refractivity contribution is -0.135. The number of anilines is 2. The fourth-order valence-corrected chi connectivity index (χ4v) is 11.4. The molecule has 2 amide bonds. The summed E-state index contributed by atoms with van der Waals surface area (Å²) in [5.41, 5.74) is 4.40. The molecule has 334 valence electrons. The van der Waals surface area contributed by atoms with Gasteiger partial charge in [-0.1, -0.05) is 18.9 Å². The summed E-state index contributed by atoms with van der Waals surface area (Å²) in [5.74, 6) is 0.610. The zero-order valence-electron chi connectivity index (χ0n) is 36.1. The normalized spacial score (nSPS) is 22.0. The quantitative estimate of drug-likeness (QED) is 0.102. The summed E-state index contributed by atoms with van der Waals surface area (Å²) in [4.78, 5) is 62.3. The van der Waals surface area contributed by atoms with Gasteiger partial charge in [-0.25, -0.2) is 22.9 Å². The maximum Gasteiger partial charge on any atom is 0.329 e. The number of likely N-dealkylation sites (tertiary alicyclic amines) is 1. The number of imide groups is 1. The molecular formula is C46H57N9O7S. The van der Waals surface area contributed by atoms with Crippen molar-refractivity contribution >= 4 is 55.5 Å². The first-order chi connectivity index (χ1) is 30.4. The van der Waals surface area contributed by atoms with Gasteiger partial charge in [0.2, 0.25) is 27.8 Å². The van der Waals surface area contributed by atoms with Crippen LogP contribution >= 0.6 is 0 Å². The van der Waals surface area contributed by atoms with E-state index >= 15 is 0 Å². The van der Waals surface area contributed by atoms with Gasteiger partial charge in [-0.3, -0.25) is 33.4 Å². The van der Waals surface area contributed by atoms with E-state index < -0.39 is 22.0 Å². The number of carbonyl (C=O) groups excluding carboxylic acids is 2. The second-order valence-electron chi connectivity index (χ2n) is 18.0. The van der Waals surface area contributed by atoms with Crippen molar-refractivity contribution in [1.82, 2.24) is 38.6 Å². The molecule has 63 heavy (non-hydrogen) atoms. The topological polar surface area (TPSA) is 192 Å². The summed E-state index contributed by atoms with van der Waals surface area (Å²) in [6.45, 7) is 5.40. The zero-order valence-corrected chi connectivity index (χ0v) is 36.9. The third kappa shape index (κ3) is 9.10. The van der Waals surface area contributed by atoms with Gasteiger partial charge < -0.3 is 15.0 Å². The molecule has 2 saturated heterocycles. The number of imidazole rings is 1. The predicted octanol–water partition coefficient (Wildman–Crippen LogP) is 5.32. The Labute approximate surface area is 366 Å². The highest BCUT2D eigenvalue weighted by atomic mass is 32.2. The number of carbonyl (C=O) groups is 2. The molecule has 0 radical (unpaired) electrons. The minimum Gasteiger partial charge on any atom is -0.377 e. The van der Waals surface area contributed by atoms with Crippen LogP contribution in [0.4, 0.5) is 11.6 Å². The molecule has 0 spiro atoms. The van der Waals surface area contributed by atoms with E-state index in [0.29, 0.717) is 53.2 Å². The Morgan fingerprint density at radius 3 is 2.38 bits per heavy atom. The first-order valence-electron chi connectivity index (χ1n) is 22.6. The summed E-state index contributed by atoms with van der Waals surface area (Å²) >= 11 is 0. The van der Waals surface area contributed by atoms with Gasteiger partial charge in [-0.15, -0.1) is 0 Å². The van der Waals surface area contributed by atoms with E-state index in [9.17, 15) is 27.6 Å². The smallest absolute Gasteiger partial charge is 0.329 e. The fourth-order valence-electron chi connectivity index (χ4n) is 10.3. The Morgan fingerprint density at radius 2 is 1.63 bits per heavy atom. The lowest BCUT2D eigenvalue weighted by atomic mass is 9.85. The molecule has 2 aromatic carbocycles. The highest BCUT2D eigenvalue weighted by molar-refractivity contribution is 7.89. The molecule has 5 heterocycles. The molecule has 1 unspecified atom stereocenters. The van der Waals surface area contributed by atoms with Gasteiger partial charge in [0.25, 0.3) is 5.56 Å². The summed E-state index contributed by atoms with van der Waals surface area (Å²) in [5, 5.41) is 6.39. The number of hydrogen-bond donors (Lipinski definition) is 3. The maximum atomic E-state index is 13.2. The largest absolute Gasteiger partial charge is 0.377 e. The van der Waals surface area contributed by atoms with Gasteiger partial charge in [0.1, 0.15) is 11.7 Å². The number of amides is 2. The number of aromatic nitrogens is 5. The molecule has 4 aliphatic rings. The van der Waals surface area contributed by atoms with Crippen molar-refractivity contribution < 1.29 is 22.7 Å². The van der Waals surface area contributed by atoms with Gasteiger partial charge >= 0.3 is 5.69 Å². The predicted molar refractivity (Wildman–Crippen MR) is 240 cm³/mol. The number of sulfonamides is 1. The fraction of sp³-hybridized carbons (Fsp3) is 0.522. The van der Waals surface area contributed by atoms with Crippen molar-refractivity contribution in [3.8, 4) is 0 Å². The standard InChI is InChI=1S/C46H57N9O7S/c1-29-25-36(13-14-37(29)49-45-47-27-33-10-18-42(57)54(43(33)51-45)34-5-3-4-6-34)63(60,61)48-21-24-62-35-11-7-30(8-12-35)28-53-22-19-31(20-23-53)32-9-15-38-40(26-32)52(2)46(59)55(38)39-16-17-41(56)50-44(39)58/h9-10,13-15,18,25-27,30-31,34-35,39,48H,3-8,11-12,16-17,19-24,28H2,1-2H3,(H,47,49,51)(H,50,56,58)/t30-,35-,39?. The van der Waals surface area contributed by atoms with Crippen LogP contribution in [0.5, 0.6) is 0 Å². The molecular weight excluding hydrogens is 823 g/mol. The van der Waals surface area contributed by atoms with Gasteiger partial charge in [0.15, 0.2) is 0 Å². The Balaban J connectivity index is 0.708. The highest BCUT2D eigenvalue weighted by Gasteiger charge is 2.32. The molecule has 16 nitrogen and oxygen atoms in total. The van der Waals surface area contributed by atoms with Crippen molar-refractivity contribution in [1.29, 1.82) is 0 Å². The Bertz CT molecular complexity index is 2760. The minimum absolute atomic E-state index is 0.0661. The van der Waals surface area contributed by atoms with E-state index in [1.54, 1.807) is 52.7 Å². The highest BCUT2D eigenvalue weighted by Crippen LogP contribution is 2.34. The number of benzene rings is 2. The van der Waals surface area contributed by atoms with Crippen LogP contribution < -0.4 is 26.6 Å². The maximum absolute atomic E-state index is 13.2. The van der Waals surface area contributed by atoms with Crippen LogP contribution in [-0.4, -0.2) is 87.7 Å². The molecule has 17 heteroatoms. The first kappa shape index (κ1) is 43.0. The van der Waals surface area contributed by atoms with E-state index in [1.807, 2.05) is 13.0 Å². The third-order valence-electron chi connectivity index (χ3n) is 13.9. The van der Waals surface area contributed by atoms with Gasteiger partial charge in [-0.05, 0) is 137 Å². The number of rotatable bonds is 13. The van der Waals surface area contributed by atoms with E-state index in [-0.39, 0.29) is 47.2 Å². The van der Waals surface area contributed by atoms with E-state index in [0.717, 1.165) is 94.7 Å². The lowest BCUT2D eigenvalue weighted by Crippen LogP contribution is -2.44. The number of nitrogens with one attached hydrogen (secondary N) is 3. The van der Waals surface area contributed by atoms with Crippen LogP contribution in [0.3, 0.4) is 0 Å². The Hall–Kier alpha value is -5.23. The number of ether oxygens (including phenoxy) is 1. The van der Waals surface area contributed by atoms with Crippen LogP contribution in [0.25, 0.3) is 22.1 Å². The molecule has 3 N–H and O–H groups in total. The van der Waals surface area contributed by atoms with Crippen molar-refractivity contribution in [2.75, 3.05) is 38.1 Å².